The lowest BCUT2D eigenvalue weighted by atomic mass is 10.0. The van der Waals surface area contributed by atoms with Crippen LogP contribution in [0.5, 0.6) is 0 Å². The number of hydrogen-bond acceptors (Lipinski definition) is 6. The zero-order valence-electron chi connectivity index (χ0n) is 51.7. The summed E-state index contributed by atoms with van der Waals surface area (Å²) in [6.07, 6.45) is 83.1. The Morgan fingerprint density at radius 3 is 0.766 bits per heavy atom. The van der Waals surface area contributed by atoms with E-state index in [9.17, 15) is 14.4 Å². The van der Waals surface area contributed by atoms with Crippen LogP contribution in [0.4, 0.5) is 0 Å². The van der Waals surface area contributed by atoms with Crippen molar-refractivity contribution < 1.29 is 28.6 Å². The van der Waals surface area contributed by atoms with Crippen LogP contribution in [0.25, 0.3) is 0 Å². The van der Waals surface area contributed by atoms with E-state index >= 15 is 0 Å². The number of allylic oxidation sites excluding steroid dienone is 8. The van der Waals surface area contributed by atoms with E-state index in [1.807, 2.05) is 0 Å². The van der Waals surface area contributed by atoms with E-state index in [0.29, 0.717) is 19.3 Å². The number of hydrogen-bond donors (Lipinski definition) is 0. The Hall–Kier alpha value is -2.63. The number of rotatable bonds is 63. The zero-order chi connectivity index (χ0) is 55.7. The number of unbranched alkanes of at least 4 members (excludes halogenated alkanes) is 44. The van der Waals surface area contributed by atoms with Crippen LogP contribution in [0.3, 0.4) is 0 Å². The summed E-state index contributed by atoms with van der Waals surface area (Å²) >= 11 is 0. The molecule has 450 valence electrons. The van der Waals surface area contributed by atoms with Crippen molar-refractivity contribution >= 4 is 17.9 Å². The average molecular weight is 1080 g/mol. The van der Waals surface area contributed by atoms with Crippen molar-refractivity contribution in [2.45, 2.75) is 374 Å². The van der Waals surface area contributed by atoms with Gasteiger partial charge >= 0.3 is 17.9 Å². The Bertz CT molecular complexity index is 1330. The number of esters is 3. The molecule has 0 aliphatic carbocycles. The standard InChI is InChI=1S/C71H130O6/c1-4-7-10-13-16-19-22-24-25-26-27-28-29-30-31-32-33-34-35-36-37-38-39-40-41-42-43-44-45-47-49-52-55-58-61-64-70(73)76-67-68(66-75-69(72)63-60-57-54-51-48-21-18-15-12-9-6-3)77-71(74)65-62-59-56-53-50-46-23-20-17-14-11-8-5-2/h11,14,20,22-24,26-27,68H,4-10,12-13,15-19,21,25,28-67H2,1-3H3/b14-11-,23-20-,24-22-,27-26-. The molecule has 0 aliphatic rings. The highest BCUT2D eigenvalue weighted by atomic mass is 16.6. The predicted molar refractivity (Wildman–Crippen MR) is 335 cm³/mol. The summed E-state index contributed by atoms with van der Waals surface area (Å²) in [4.78, 5) is 38.2. The Morgan fingerprint density at radius 2 is 0.494 bits per heavy atom. The lowest BCUT2D eigenvalue weighted by Gasteiger charge is -2.18. The minimum atomic E-state index is -0.776. The second-order valence-corrected chi connectivity index (χ2v) is 23.1. The highest BCUT2D eigenvalue weighted by molar-refractivity contribution is 5.71. The predicted octanol–water partition coefficient (Wildman–Crippen LogP) is 23.3. The van der Waals surface area contributed by atoms with Gasteiger partial charge in [-0.1, -0.05) is 320 Å². The van der Waals surface area contributed by atoms with Crippen LogP contribution in [-0.2, 0) is 28.6 Å². The van der Waals surface area contributed by atoms with Crippen LogP contribution in [-0.4, -0.2) is 37.2 Å². The first-order valence-corrected chi connectivity index (χ1v) is 34.1. The Balaban J connectivity index is 3.99. The normalized spacial score (nSPS) is 12.3. The molecule has 0 saturated carbocycles. The number of ether oxygens (including phenoxy) is 3. The quantitative estimate of drug-likeness (QED) is 0.0261. The van der Waals surface area contributed by atoms with Crippen molar-refractivity contribution in [2.24, 2.45) is 0 Å². The first kappa shape index (κ1) is 74.4. The van der Waals surface area contributed by atoms with Crippen molar-refractivity contribution in [3.05, 3.63) is 48.6 Å². The van der Waals surface area contributed by atoms with E-state index in [4.69, 9.17) is 14.2 Å². The molecule has 0 spiro atoms. The van der Waals surface area contributed by atoms with Crippen LogP contribution in [0.15, 0.2) is 48.6 Å². The molecule has 0 heterocycles. The zero-order valence-corrected chi connectivity index (χ0v) is 51.7. The van der Waals surface area contributed by atoms with Gasteiger partial charge in [-0.15, -0.1) is 0 Å². The topological polar surface area (TPSA) is 78.9 Å². The largest absolute Gasteiger partial charge is 0.462 e. The Morgan fingerprint density at radius 1 is 0.260 bits per heavy atom. The fourth-order valence-electron chi connectivity index (χ4n) is 10.2. The summed E-state index contributed by atoms with van der Waals surface area (Å²) in [6, 6.07) is 0. The molecule has 0 aliphatic heterocycles. The molecule has 77 heavy (non-hydrogen) atoms. The van der Waals surface area contributed by atoms with Crippen LogP contribution in [0, 0.1) is 0 Å². The average Bonchev–Trinajstić information content (AvgIpc) is 3.43. The lowest BCUT2D eigenvalue weighted by molar-refractivity contribution is -0.167. The van der Waals surface area contributed by atoms with Crippen molar-refractivity contribution in [1.82, 2.24) is 0 Å². The molecule has 0 aromatic heterocycles. The highest BCUT2D eigenvalue weighted by Crippen LogP contribution is 2.18. The van der Waals surface area contributed by atoms with E-state index in [2.05, 4.69) is 69.4 Å². The molecule has 0 saturated heterocycles. The van der Waals surface area contributed by atoms with Crippen molar-refractivity contribution in [2.75, 3.05) is 13.2 Å². The van der Waals surface area contributed by atoms with E-state index in [0.717, 1.165) is 96.3 Å². The van der Waals surface area contributed by atoms with Gasteiger partial charge in [-0.2, -0.15) is 0 Å². The SMILES string of the molecule is CCC/C=C\C/C=C\CCCCCCCC(=O)OC(COC(=O)CCCCCCCCCCCCC)COC(=O)CCCCCCCCCCCCCCCCCCCCCCCCC/C=C\C/C=C\CCCCCCC. The van der Waals surface area contributed by atoms with E-state index in [1.165, 1.54) is 231 Å². The monoisotopic (exact) mass is 1080 g/mol. The molecular weight excluding hydrogens is 949 g/mol. The molecule has 6 nitrogen and oxygen atoms in total. The number of carbonyl (C=O) groups excluding carboxylic acids is 3. The molecular formula is C71H130O6. The van der Waals surface area contributed by atoms with Crippen LogP contribution in [0.2, 0.25) is 0 Å². The van der Waals surface area contributed by atoms with Gasteiger partial charge in [0.15, 0.2) is 6.10 Å². The van der Waals surface area contributed by atoms with Crippen molar-refractivity contribution in [1.29, 1.82) is 0 Å². The first-order chi connectivity index (χ1) is 38.0. The number of carbonyl (C=O) groups is 3. The highest BCUT2D eigenvalue weighted by Gasteiger charge is 2.19. The molecule has 0 fully saturated rings. The smallest absolute Gasteiger partial charge is 0.306 e. The molecule has 0 aromatic carbocycles. The van der Waals surface area contributed by atoms with E-state index < -0.39 is 6.10 Å². The van der Waals surface area contributed by atoms with Gasteiger partial charge in [0, 0.05) is 19.3 Å². The minimum Gasteiger partial charge on any atom is -0.462 e. The lowest BCUT2D eigenvalue weighted by Crippen LogP contribution is -2.30. The summed E-state index contributed by atoms with van der Waals surface area (Å²) in [7, 11) is 0. The summed E-state index contributed by atoms with van der Waals surface area (Å²) in [6.45, 7) is 6.59. The van der Waals surface area contributed by atoms with Gasteiger partial charge in [-0.05, 0) is 77.0 Å². The first-order valence-electron chi connectivity index (χ1n) is 34.1. The van der Waals surface area contributed by atoms with Gasteiger partial charge in [-0.3, -0.25) is 14.4 Å². The fourth-order valence-corrected chi connectivity index (χ4v) is 10.2. The van der Waals surface area contributed by atoms with Gasteiger partial charge in [0.05, 0.1) is 0 Å². The molecule has 1 atom stereocenters. The molecule has 0 radical (unpaired) electrons. The molecule has 0 aromatic rings. The van der Waals surface area contributed by atoms with Gasteiger partial charge in [0.1, 0.15) is 13.2 Å². The summed E-state index contributed by atoms with van der Waals surface area (Å²) in [5, 5.41) is 0. The molecule has 0 amide bonds. The third-order valence-electron chi connectivity index (χ3n) is 15.3. The van der Waals surface area contributed by atoms with Crippen molar-refractivity contribution in [3.63, 3.8) is 0 Å². The molecule has 0 rings (SSSR count). The third kappa shape index (κ3) is 64.1. The maximum Gasteiger partial charge on any atom is 0.306 e. The van der Waals surface area contributed by atoms with Crippen LogP contribution >= 0.6 is 0 Å². The van der Waals surface area contributed by atoms with E-state index in [-0.39, 0.29) is 31.1 Å². The molecule has 0 N–H and O–H groups in total. The molecule has 1 unspecified atom stereocenters. The van der Waals surface area contributed by atoms with Gasteiger partial charge in [0.25, 0.3) is 0 Å². The molecule has 6 heteroatoms. The maximum atomic E-state index is 12.8. The van der Waals surface area contributed by atoms with Crippen molar-refractivity contribution in [3.8, 4) is 0 Å². The van der Waals surface area contributed by atoms with Gasteiger partial charge < -0.3 is 14.2 Å². The summed E-state index contributed by atoms with van der Waals surface area (Å²) in [5.41, 5.74) is 0. The van der Waals surface area contributed by atoms with Crippen LogP contribution in [0.1, 0.15) is 367 Å². The second kappa shape index (κ2) is 65.9. The molecule has 0 bridgehead atoms. The summed E-state index contributed by atoms with van der Waals surface area (Å²) < 4.78 is 16.9. The third-order valence-corrected chi connectivity index (χ3v) is 15.3. The Labute approximate surface area is 479 Å². The van der Waals surface area contributed by atoms with E-state index in [1.54, 1.807) is 0 Å². The minimum absolute atomic E-state index is 0.0736. The van der Waals surface area contributed by atoms with Gasteiger partial charge in [-0.25, -0.2) is 0 Å². The Kier molecular flexibility index (Phi) is 63.6. The maximum absolute atomic E-state index is 12.8. The van der Waals surface area contributed by atoms with Gasteiger partial charge in [0.2, 0.25) is 0 Å². The summed E-state index contributed by atoms with van der Waals surface area (Å²) in [5.74, 6) is -0.869. The van der Waals surface area contributed by atoms with Crippen LogP contribution < -0.4 is 0 Å². The fraction of sp³-hybridized carbons (Fsp3) is 0.845. The second-order valence-electron chi connectivity index (χ2n) is 23.1.